The molecule has 1 heterocycles. The normalized spacial score (nSPS) is 13.2. The van der Waals surface area contributed by atoms with E-state index in [0.29, 0.717) is 17.8 Å². The molecule has 2 aromatic carbocycles. The number of hydrogen-bond acceptors (Lipinski definition) is 2. The summed E-state index contributed by atoms with van der Waals surface area (Å²) < 4.78 is 12.8. The lowest BCUT2D eigenvalue weighted by Crippen LogP contribution is -2.33. The molecular weight excluding hydrogens is 271 g/mol. The highest BCUT2D eigenvalue weighted by molar-refractivity contribution is 6.02. The van der Waals surface area contributed by atoms with Gasteiger partial charge in [-0.25, -0.2) is 4.39 Å². The van der Waals surface area contributed by atoms with Crippen LogP contribution in [-0.4, -0.2) is 23.3 Å². The molecule has 1 N–H and O–H groups in total. The topological polar surface area (TPSA) is 49.4 Å². The van der Waals surface area contributed by atoms with E-state index in [0.717, 1.165) is 5.56 Å². The van der Waals surface area contributed by atoms with Crippen molar-refractivity contribution in [3.8, 4) is 0 Å². The Kier molecular flexibility index (Phi) is 3.39. The lowest BCUT2D eigenvalue weighted by Gasteiger charge is -2.15. The Balaban J connectivity index is 1.64. The highest BCUT2D eigenvalue weighted by Gasteiger charge is 2.28. The molecule has 0 aromatic heterocycles. The Hall–Kier alpha value is -2.69. The van der Waals surface area contributed by atoms with Gasteiger partial charge in [-0.2, -0.15) is 0 Å². The summed E-state index contributed by atoms with van der Waals surface area (Å²) in [5, 5.41) is 2.64. The van der Waals surface area contributed by atoms with Crippen molar-refractivity contribution in [3.63, 3.8) is 0 Å². The van der Waals surface area contributed by atoms with E-state index in [4.69, 9.17) is 0 Å². The largest absolute Gasteiger partial charge is 0.325 e. The third-order valence-electron chi connectivity index (χ3n) is 3.36. The smallest absolute Gasteiger partial charge is 0.254 e. The molecule has 21 heavy (non-hydrogen) atoms. The lowest BCUT2D eigenvalue weighted by molar-refractivity contribution is -0.116. The second kappa shape index (κ2) is 5.36. The van der Waals surface area contributed by atoms with Crippen molar-refractivity contribution in [1.82, 2.24) is 4.90 Å². The van der Waals surface area contributed by atoms with Crippen LogP contribution in [0.15, 0.2) is 48.5 Å². The van der Waals surface area contributed by atoms with Crippen LogP contribution in [0.25, 0.3) is 0 Å². The second-order valence-electron chi connectivity index (χ2n) is 4.87. The molecule has 0 atom stereocenters. The fraction of sp³-hybridized carbons (Fsp3) is 0.125. The first kappa shape index (κ1) is 13.3. The molecule has 2 amide bonds. The molecule has 1 aliphatic heterocycles. The minimum Gasteiger partial charge on any atom is -0.325 e. The quantitative estimate of drug-likeness (QED) is 0.941. The summed E-state index contributed by atoms with van der Waals surface area (Å²) in [7, 11) is 0. The van der Waals surface area contributed by atoms with E-state index in [-0.39, 0.29) is 24.2 Å². The summed E-state index contributed by atoms with van der Waals surface area (Å²) in [4.78, 5) is 25.6. The molecule has 0 spiro atoms. The zero-order chi connectivity index (χ0) is 14.8. The van der Waals surface area contributed by atoms with Crippen molar-refractivity contribution in [2.45, 2.75) is 6.54 Å². The van der Waals surface area contributed by atoms with Gasteiger partial charge in [-0.1, -0.05) is 18.2 Å². The standard InChI is InChI=1S/C16H13FN2O2/c17-12-5-7-13(8-6-12)18-15(20)10-19-9-11-3-1-2-4-14(11)16(19)21/h1-8H,9-10H2,(H,18,20). The number of halogens is 1. The predicted octanol–water partition coefficient (Wildman–Crippen LogP) is 2.42. The molecule has 0 aliphatic carbocycles. The monoisotopic (exact) mass is 284 g/mol. The van der Waals surface area contributed by atoms with Crippen molar-refractivity contribution < 1.29 is 14.0 Å². The average molecular weight is 284 g/mol. The molecule has 4 nitrogen and oxygen atoms in total. The Morgan fingerprint density at radius 3 is 2.57 bits per heavy atom. The zero-order valence-corrected chi connectivity index (χ0v) is 11.2. The summed E-state index contributed by atoms with van der Waals surface area (Å²) in [6.07, 6.45) is 0. The predicted molar refractivity (Wildman–Crippen MR) is 76.2 cm³/mol. The number of carbonyl (C=O) groups excluding carboxylic acids is 2. The number of benzene rings is 2. The van der Waals surface area contributed by atoms with E-state index in [9.17, 15) is 14.0 Å². The minimum atomic E-state index is -0.363. The first-order valence-electron chi connectivity index (χ1n) is 6.56. The molecule has 0 saturated carbocycles. The van der Waals surface area contributed by atoms with E-state index >= 15 is 0 Å². The molecule has 106 valence electrons. The molecule has 0 saturated heterocycles. The first-order chi connectivity index (χ1) is 10.1. The number of nitrogens with one attached hydrogen (secondary N) is 1. The van der Waals surface area contributed by atoms with Gasteiger partial charge in [-0.15, -0.1) is 0 Å². The Morgan fingerprint density at radius 2 is 1.86 bits per heavy atom. The number of nitrogens with zero attached hydrogens (tertiary/aromatic N) is 1. The van der Waals surface area contributed by atoms with Gasteiger partial charge in [0.05, 0.1) is 0 Å². The highest BCUT2D eigenvalue weighted by Crippen LogP contribution is 2.22. The van der Waals surface area contributed by atoms with Crippen LogP contribution < -0.4 is 5.32 Å². The summed E-state index contributed by atoms with van der Waals surface area (Å²) in [5.74, 6) is -0.805. The summed E-state index contributed by atoms with van der Waals surface area (Å²) >= 11 is 0. The van der Waals surface area contributed by atoms with Gasteiger partial charge in [0.25, 0.3) is 5.91 Å². The van der Waals surface area contributed by atoms with E-state index in [1.807, 2.05) is 12.1 Å². The van der Waals surface area contributed by atoms with Gasteiger partial charge in [-0.3, -0.25) is 9.59 Å². The van der Waals surface area contributed by atoms with Crippen LogP contribution in [-0.2, 0) is 11.3 Å². The number of amides is 2. The molecule has 3 rings (SSSR count). The maximum atomic E-state index is 12.8. The third-order valence-corrected chi connectivity index (χ3v) is 3.36. The average Bonchev–Trinajstić information content (AvgIpc) is 2.78. The van der Waals surface area contributed by atoms with E-state index in [1.165, 1.54) is 29.2 Å². The van der Waals surface area contributed by atoms with Gasteiger partial charge in [0.1, 0.15) is 12.4 Å². The summed E-state index contributed by atoms with van der Waals surface area (Å²) in [6.45, 7) is 0.413. The van der Waals surface area contributed by atoms with Crippen LogP contribution in [0.1, 0.15) is 15.9 Å². The van der Waals surface area contributed by atoms with Crippen molar-refractivity contribution in [3.05, 3.63) is 65.5 Å². The Bertz CT molecular complexity index is 698. The highest BCUT2D eigenvalue weighted by atomic mass is 19.1. The number of rotatable bonds is 3. The Labute approximate surface area is 121 Å². The number of fused-ring (bicyclic) bond motifs is 1. The molecule has 5 heteroatoms. The van der Waals surface area contributed by atoms with Crippen LogP contribution >= 0.6 is 0 Å². The molecule has 0 bridgehead atoms. The molecule has 0 radical (unpaired) electrons. The number of carbonyl (C=O) groups is 2. The maximum absolute atomic E-state index is 12.8. The minimum absolute atomic E-state index is 0.0229. The Morgan fingerprint density at radius 1 is 1.14 bits per heavy atom. The maximum Gasteiger partial charge on any atom is 0.254 e. The van der Waals surface area contributed by atoms with Gasteiger partial charge in [0, 0.05) is 17.8 Å². The molecule has 1 aliphatic rings. The van der Waals surface area contributed by atoms with Gasteiger partial charge >= 0.3 is 0 Å². The summed E-state index contributed by atoms with van der Waals surface area (Å²) in [6, 6.07) is 12.8. The van der Waals surface area contributed by atoms with Crippen LogP contribution in [0.4, 0.5) is 10.1 Å². The van der Waals surface area contributed by atoms with Crippen molar-refractivity contribution in [2.24, 2.45) is 0 Å². The SMILES string of the molecule is O=C(CN1Cc2ccccc2C1=O)Nc1ccc(F)cc1. The van der Waals surface area contributed by atoms with Crippen LogP contribution in [0.5, 0.6) is 0 Å². The molecule has 2 aromatic rings. The van der Waals surface area contributed by atoms with Crippen molar-refractivity contribution in [2.75, 3.05) is 11.9 Å². The van der Waals surface area contributed by atoms with Gasteiger partial charge in [0.15, 0.2) is 0 Å². The lowest BCUT2D eigenvalue weighted by atomic mass is 10.1. The summed E-state index contributed by atoms with van der Waals surface area (Å²) in [5.41, 5.74) is 2.08. The van der Waals surface area contributed by atoms with E-state index in [1.54, 1.807) is 12.1 Å². The molecule has 0 unspecified atom stereocenters. The third kappa shape index (κ3) is 2.76. The fourth-order valence-electron chi connectivity index (χ4n) is 2.35. The zero-order valence-electron chi connectivity index (χ0n) is 11.2. The first-order valence-corrected chi connectivity index (χ1v) is 6.56. The molecular formula is C16H13FN2O2. The van der Waals surface area contributed by atoms with Gasteiger partial charge in [-0.05, 0) is 35.9 Å². The van der Waals surface area contributed by atoms with Crippen molar-refractivity contribution >= 4 is 17.5 Å². The second-order valence-corrected chi connectivity index (χ2v) is 4.87. The van der Waals surface area contributed by atoms with E-state index in [2.05, 4.69) is 5.32 Å². The van der Waals surface area contributed by atoms with Crippen molar-refractivity contribution in [1.29, 1.82) is 0 Å². The van der Waals surface area contributed by atoms with E-state index < -0.39 is 0 Å². The van der Waals surface area contributed by atoms with Crippen LogP contribution in [0.3, 0.4) is 0 Å². The van der Waals surface area contributed by atoms with Gasteiger partial charge in [0.2, 0.25) is 5.91 Å². The number of hydrogen-bond donors (Lipinski definition) is 1. The fourth-order valence-corrected chi connectivity index (χ4v) is 2.35. The van der Waals surface area contributed by atoms with Gasteiger partial charge < -0.3 is 10.2 Å². The van der Waals surface area contributed by atoms with Crippen LogP contribution in [0.2, 0.25) is 0 Å². The van der Waals surface area contributed by atoms with Crippen LogP contribution in [0, 0.1) is 5.82 Å². The molecule has 0 fully saturated rings. The number of anilines is 1.